The summed E-state index contributed by atoms with van der Waals surface area (Å²) in [7, 11) is 0. The van der Waals surface area contributed by atoms with Crippen molar-refractivity contribution < 1.29 is 23.9 Å². The van der Waals surface area contributed by atoms with Crippen molar-refractivity contribution in [1.82, 2.24) is 0 Å². The number of nitrogens with zero attached hydrogens (tertiary/aromatic N) is 1. The number of benzene rings is 2. The molecule has 1 heterocycles. The van der Waals surface area contributed by atoms with Crippen molar-refractivity contribution in [2.24, 2.45) is 0 Å². The van der Waals surface area contributed by atoms with Crippen molar-refractivity contribution in [3.05, 3.63) is 64.7 Å². The van der Waals surface area contributed by atoms with Gasteiger partial charge in [-0.3, -0.25) is 19.3 Å². The van der Waals surface area contributed by atoms with Crippen LogP contribution in [0.5, 0.6) is 0 Å². The Morgan fingerprint density at radius 1 is 1.07 bits per heavy atom. The van der Waals surface area contributed by atoms with Gasteiger partial charge in [0.25, 0.3) is 5.91 Å². The average molecular weight is 395 g/mol. The van der Waals surface area contributed by atoms with Crippen LogP contribution in [0.2, 0.25) is 0 Å². The normalized spacial score (nSPS) is 15.8. The minimum Gasteiger partial charge on any atom is -0.459 e. The van der Waals surface area contributed by atoms with Crippen molar-refractivity contribution in [2.75, 3.05) is 11.4 Å². The van der Waals surface area contributed by atoms with Gasteiger partial charge in [-0.15, -0.1) is 0 Å². The summed E-state index contributed by atoms with van der Waals surface area (Å²) >= 11 is 0. The lowest BCUT2D eigenvalue weighted by Gasteiger charge is -2.26. The van der Waals surface area contributed by atoms with E-state index in [1.165, 1.54) is 11.8 Å². The molecule has 0 fully saturated rings. The van der Waals surface area contributed by atoms with Crippen molar-refractivity contribution in [3.8, 4) is 0 Å². The summed E-state index contributed by atoms with van der Waals surface area (Å²) in [6, 6.07) is 12.4. The molecule has 6 heteroatoms. The Labute approximate surface area is 170 Å². The summed E-state index contributed by atoms with van der Waals surface area (Å²) in [4.78, 5) is 39.2. The van der Waals surface area contributed by atoms with E-state index in [4.69, 9.17) is 9.47 Å². The van der Waals surface area contributed by atoms with Crippen LogP contribution >= 0.6 is 0 Å². The zero-order valence-corrected chi connectivity index (χ0v) is 17.3. The van der Waals surface area contributed by atoms with E-state index in [1.807, 2.05) is 19.1 Å². The highest BCUT2D eigenvalue weighted by atomic mass is 16.6. The van der Waals surface area contributed by atoms with Crippen LogP contribution in [0, 0.1) is 6.92 Å². The third-order valence-electron chi connectivity index (χ3n) is 4.56. The number of ether oxygens (including phenoxy) is 2. The number of hydrogen-bond donors (Lipinski definition) is 0. The molecule has 3 rings (SSSR count). The van der Waals surface area contributed by atoms with E-state index < -0.39 is 23.6 Å². The maximum Gasteiger partial charge on any atom is 0.326 e. The lowest BCUT2D eigenvalue weighted by molar-refractivity contribution is -0.153. The Balaban J connectivity index is 2.18. The minimum atomic E-state index is -0.743. The molecule has 1 amide bonds. The fourth-order valence-corrected chi connectivity index (χ4v) is 3.52. The van der Waals surface area contributed by atoms with Gasteiger partial charge in [-0.1, -0.05) is 30.3 Å². The predicted octanol–water partition coefficient (Wildman–Crippen LogP) is 3.95. The van der Waals surface area contributed by atoms with E-state index in [0.717, 1.165) is 5.56 Å². The SMILES string of the molecule is CC(=O)OC1c2ccccc2C(=O)N(CC(=O)OC(C)(C)C)c2cccc(C)c21. The molecule has 0 radical (unpaired) electrons. The molecule has 6 nitrogen and oxygen atoms in total. The van der Waals surface area contributed by atoms with Gasteiger partial charge >= 0.3 is 11.9 Å². The number of fused-ring (bicyclic) bond motifs is 2. The molecule has 0 aliphatic carbocycles. The van der Waals surface area contributed by atoms with E-state index >= 15 is 0 Å². The second-order valence-electron chi connectivity index (χ2n) is 8.06. The minimum absolute atomic E-state index is 0.242. The first-order valence-electron chi connectivity index (χ1n) is 9.48. The van der Waals surface area contributed by atoms with Crippen LogP contribution in [0.3, 0.4) is 0 Å². The van der Waals surface area contributed by atoms with E-state index in [0.29, 0.717) is 22.4 Å². The van der Waals surface area contributed by atoms with Crippen molar-refractivity contribution in [1.29, 1.82) is 0 Å². The molecule has 1 aliphatic heterocycles. The van der Waals surface area contributed by atoms with Crippen LogP contribution in [0.4, 0.5) is 5.69 Å². The zero-order chi connectivity index (χ0) is 21.3. The maximum absolute atomic E-state index is 13.4. The number of carbonyl (C=O) groups is 3. The smallest absolute Gasteiger partial charge is 0.326 e. The number of amides is 1. The van der Waals surface area contributed by atoms with Gasteiger partial charge in [0.05, 0.1) is 5.69 Å². The second kappa shape index (κ2) is 7.70. The Morgan fingerprint density at radius 3 is 2.41 bits per heavy atom. The van der Waals surface area contributed by atoms with Crippen molar-refractivity contribution >= 4 is 23.5 Å². The third kappa shape index (κ3) is 4.31. The number of anilines is 1. The number of rotatable bonds is 3. The highest BCUT2D eigenvalue weighted by Crippen LogP contribution is 2.41. The Bertz CT molecular complexity index is 973. The van der Waals surface area contributed by atoms with E-state index in [1.54, 1.807) is 51.1 Å². The van der Waals surface area contributed by atoms with Gasteiger partial charge in [0.2, 0.25) is 0 Å². The standard InChI is InChI=1S/C23H25NO5/c1-14-9-8-12-18-20(14)21(28-15(2)25)16-10-6-7-11-17(16)22(27)24(18)13-19(26)29-23(3,4)5/h6-12,21H,13H2,1-5H3. The summed E-state index contributed by atoms with van der Waals surface area (Å²) in [5.41, 5.74) is 2.38. The fourth-order valence-electron chi connectivity index (χ4n) is 3.52. The number of aryl methyl sites for hydroxylation is 1. The van der Waals surface area contributed by atoms with Crippen LogP contribution < -0.4 is 4.90 Å². The molecule has 152 valence electrons. The molecule has 1 aliphatic rings. The summed E-state index contributed by atoms with van der Waals surface area (Å²) in [6.07, 6.45) is -0.743. The number of esters is 2. The quantitative estimate of drug-likeness (QED) is 0.736. The van der Waals surface area contributed by atoms with Crippen LogP contribution in [0.1, 0.15) is 60.8 Å². The Morgan fingerprint density at radius 2 is 1.76 bits per heavy atom. The summed E-state index contributed by atoms with van der Waals surface area (Å²) in [5, 5.41) is 0. The fraction of sp³-hybridized carbons (Fsp3) is 0.348. The predicted molar refractivity (Wildman–Crippen MR) is 109 cm³/mol. The van der Waals surface area contributed by atoms with Crippen molar-refractivity contribution in [3.63, 3.8) is 0 Å². The van der Waals surface area contributed by atoms with E-state index in [-0.39, 0.29) is 12.5 Å². The molecule has 0 spiro atoms. The maximum atomic E-state index is 13.4. The topological polar surface area (TPSA) is 72.9 Å². The molecule has 2 aromatic carbocycles. The lowest BCUT2D eigenvalue weighted by atomic mass is 9.94. The van der Waals surface area contributed by atoms with Crippen LogP contribution in [-0.2, 0) is 19.1 Å². The Kier molecular flexibility index (Phi) is 5.46. The highest BCUT2D eigenvalue weighted by Gasteiger charge is 2.36. The number of carbonyl (C=O) groups excluding carboxylic acids is 3. The molecule has 1 unspecified atom stereocenters. The third-order valence-corrected chi connectivity index (χ3v) is 4.56. The van der Waals surface area contributed by atoms with Gasteiger partial charge in [0, 0.05) is 23.6 Å². The van der Waals surface area contributed by atoms with Crippen molar-refractivity contribution in [2.45, 2.75) is 46.3 Å². The van der Waals surface area contributed by atoms with Gasteiger partial charge < -0.3 is 9.47 Å². The van der Waals surface area contributed by atoms with Crippen LogP contribution in [0.15, 0.2) is 42.5 Å². The van der Waals surface area contributed by atoms with Gasteiger partial charge in [-0.25, -0.2) is 0 Å². The van der Waals surface area contributed by atoms with Crippen LogP contribution in [0.25, 0.3) is 0 Å². The molecule has 0 bridgehead atoms. The molecule has 0 N–H and O–H groups in total. The van der Waals surface area contributed by atoms with Gasteiger partial charge in [-0.2, -0.15) is 0 Å². The largest absolute Gasteiger partial charge is 0.459 e. The highest BCUT2D eigenvalue weighted by molar-refractivity contribution is 6.11. The Hall–Kier alpha value is -3.15. The average Bonchev–Trinajstić information content (AvgIpc) is 2.70. The monoisotopic (exact) mass is 395 g/mol. The number of hydrogen-bond acceptors (Lipinski definition) is 5. The first-order chi connectivity index (χ1) is 13.6. The first kappa shape index (κ1) is 20.6. The molecule has 29 heavy (non-hydrogen) atoms. The van der Waals surface area contributed by atoms with Gasteiger partial charge in [-0.05, 0) is 45.4 Å². The molecular formula is C23H25NO5. The van der Waals surface area contributed by atoms with Gasteiger partial charge in [0.1, 0.15) is 12.1 Å². The van der Waals surface area contributed by atoms with Crippen LogP contribution in [-0.4, -0.2) is 30.0 Å². The molecular weight excluding hydrogens is 370 g/mol. The second-order valence-corrected chi connectivity index (χ2v) is 8.06. The van der Waals surface area contributed by atoms with E-state index in [9.17, 15) is 14.4 Å². The first-order valence-corrected chi connectivity index (χ1v) is 9.48. The van der Waals surface area contributed by atoms with Gasteiger partial charge in [0.15, 0.2) is 6.10 Å². The summed E-state index contributed by atoms with van der Waals surface area (Å²) < 4.78 is 11.1. The molecule has 1 atom stereocenters. The summed E-state index contributed by atoms with van der Waals surface area (Å²) in [6.45, 7) is 8.32. The molecule has 2 aromatic rings. The molecule has 0 saturated carbocycles. The lowest BCUT2D eigenvalue weighted by Crippen LogP contribution is -2.39. The zero-order valence-electron chi connectivity index (χ0n) is 17.3. The van der Waals surface area contributed by atoms with E-state index in [2.05, 4.69) is 0 Å². The molecule has 0 saturated heterocycles. The molecule has 0 aromatic heterocycles. The summed E-state index contributed by atoms with van der Waals surface area (Å²) in [5.74, 6) is -1.30.